The van der Waals surface area contributed by atoms with E-state index in [4.69, 9.17) is 5.26 Å². The van der Waals surface area contributed by atoms with Gasteiger partial charge in [0.1, 0.15) is 0 Å². The summed E-state index contributed by atoms with van der Waals surface area (Å²) in [5.74, 6) is 0. The molecule has 0 aromatic carbocycles. The van der Waals surface area contributed by atoms with Gasteiger partial charge in [0.25, 0.3) is 0 Å². The predicted octanol–water partition coefficient (Wildman–Crippen LogP) is 3.20. The van der Waals surface area contributed by atoms with Crippen molar-refractivity contribution >= 4 is 10.0 Å². The van der Waals surface area contributed by atoms with Crippen LogP contribution in [0.5, 0.6) is 0 Å². The first-order valence-electron chi connectivity index (χ1n) is 7.99. The molecule has 0 aromatic rings. The Labute approximate surface area is 123 Å². The van der Waals surface area contributed by atoms with E-state index in [0.29, 0.717) is 0 Å². The van der Waals surface area contributed by atoms with Gasteiger partial charge in [0, 0.05) is 12.1 Å². The Kier molecular flexibility index (Phi) is 5.45. The second kappa shape index (κ2) is 6.91. The molecular formula is C15H26N2O2S. The third kappa shape index (κ3) is 3.35. The highest BCUT2D eigenvalue weighted by Crippen LogP contribution is 2.33. The quantitative estimate of drug-likeness (QED) is 0.800. The second-order valence-corrected chi connectivity index (χ2v) is 8.39. The van der Waals surface area contributed by atoms with Crippen molar-refractivity contribution in [1.82, 2.24) is 4.31 Å². The molecule has 4 nitrogen and oxygen atoms in total. The third-order valence-electron chi connectivity index (χ3n) is 4.79. The number of hydrogen-bond donors (Lipinski definition) is 0. The maximum absolute atomic E-state index is 12.8. The monoisotopic (exact) mass is 298 g/mol. The maximum Gasteiger partial charge on any atom is 0.230 e. The molecule has 1 unspecified atom stereocenters. The van der Waals surface area contributed by atoms with Gasteiger partial charge in [-0.25, -0.2) is 8.42 Å². The van der Waals surface area contributed by atoms with Crippen LogP contribution in [0.3, 0.4) is 0 Å². The largest absolute Gasteiger partial charge is 0.230 e. The highest BCUT2D eigenvalue weighted by atomic mass is 32.2. The number of nitrogens with zero attached hydrogens (tertiary/aromatic N) is 2. The highest BCUT2D eigenvalue weighted by molar-refractivity contribution is 7.90. The standard InChI is InChI=1S/C15H26N2O2S/c1-13(12-16)20(18,19)17(14-8-4-2-5-9-14)15-10-6-3-7-11-15/h13-15H,2-11H2,1H3. The number of hydrogen-bond acceptors (Lipinski definition) is 3. The Morgan fingerprint density at radius 1 is 0.950 bits per heavy atom. The zero-order chi connectivity index (χ0) is 14.6. The van der Waals surface area contributed by atoms with Crippen LogP contribution in [-0.2, 0) is 10.0 Å². The van der Waals surface area contributed by atoms with Crippen molar-refractivity contribution in [2.45, 2.75) is 88.5 Å². The van der Waals surface area contributed by atoms with Crippen molar-refractivity contribution in [2.24, 2.45) is 0 Å². The molecule has 5 heteroatoms. The second-order valence-electron chi connectivity index (χ2n) is 6.23. The smallest absolute Gasteiger partial charge is 0.211 e. The summed E-state index contributed by atoms with van der Waals surface area (Å²) in [4.78, 5) is 0. The average Bonchev–Trinajstić information content (AvgIpc) is 2.48. The van der Waals surface area contributed by atoms with E-state index >= 15 is 0 Å². The summed E-state index contributed by atoms with van der Waals surface area (Å²) in [5, 5.41) is 8.14. The molecule has 20 heavy (non-hydrogen) atoms. The SMILES string of the molecule is CC(C#N)S(=O)(=O)N(C1CCCCC1)C1CCCCC1. The Morgan fingerprint density at radius 3 is 1.70 bits per heavy atom. The first-order valence-corrected chi connectivity index (χ1v) is 9.49. The van der Waals surface area contributed by atoms with Crippen LogP contribution in [0.2, 0.25) is 0 Å². The third-order valence-corrected chi connectivity index (χ3v) is 6.97. The van der Waals surface area contributed by atoms with Gasteiger partial charge < -0.3 is 0 Å². The normalized spacial score (nSPS) is 24.4. The fourth-order valence-electron chi connectivity index (χ4n) is 3.63. The summed E-state index contributed by atoms with van der Waals surface area (Å²) in [6, 6.07) is 2.20. The average molecular weight is 298 g/mol. The van der Waals surface area contributed by atoms with Gasteiger partial charge in [-0.1, -0.05) is 38.5 Å². The molecule has 0 amide bonds. The molecule has 0 N–H and O–H groups in total. The molecule has 0 aliphatic heterocycles. The van der Waals surface area contributed by atoms with E-state index in [1.165, 1.54) is 19.8 Å². The molecule has 0 aromatic heterocycles. The minimum absolute atomic E-state index is 0.132. The number of nitriles is 1. The van der Waals surface area contributed by atoms with Crippen LogP contribution in [0.15, 0.2) is 0 Å². The molecule has 0 heterocycles. The predicted molar refractivity (Wildman–Crippen MR) is 79.6 cm³/mol. The van der Waals surface area contributed by atoms with E-state index in [2.05, 4.69) is 0 Å². The van der Waals surface area contributed by atoms with Crippen LogP contribution in [0.25, 0.3) is 0 Å². The minimum atomic E-state index is -3.48. The van der Waals surface area contributed by atoms with E-state index in [-0.39, 0.29) is 12.1 Å². The van der Waals surface area contributed by atoms with E-state index in [1.54, 1.807) is 4.31 Å². The summed E-state index contributed by atoms with van der Waals surface area (Å²) in [7, 11) is -3.48. The molecule has 2 aliphatic rings. The summed E-state index contributed by atoms with van der Waals surface area (Å²) in [6.07, 6.45) is 10.7. The Bertz CT molecular complexity index is 425. The maximum atomic E-state index is 12.8. The summed E-state index contributed by atoms with van der Waals surface area (Å²) >= 11 is 0. The van der Waals surface area contributed by atoms with E-state index in [1.807, 2.05) is 6.07 Å². The molecule has 2 aliphatic carbocycles. The molecule has 0 radical (unpaired) electrons. The fraction of sp³-hybridized carbons (Fsp3) is 0.933. The van der Waals surface area contributed by atoms with Gasteiger partial charge in [0.05, 0.1) is 6.07 Å². The van der Waals surface area contributed by atoms with Gasteiger partial charge in [-0.15, -0.1) is 0 Å². The lowest BCUT2D eigenvalue weighted by Crippen LogP contribution is -2.51. The molecular weight excluding hydrogens is 272 g/mol. The Morgan fingerprint density at radius 2 is 1.35 bits per heavy atom. The summed E-state index contributed by atoms with van der Waals surface area (Å²) < 4.78 is 27.3. The van der Waals surface area contributed by atoms with Gasteiger partial charge in [0.2, 0.25) is 10.0 Å². The molecule has 0 spiro atoms. The molecule has 2 saturated carbocycles. The Balaban J connectivity index is 2.25. The van der Waals surface area contributed by atoms with Crippen molar-refractivity contribution in [3.63, 3.8) is 0 Å². The van der Waals surface area contributed by atoms with Crippen molar-refractivity contribution in [1.29, 1.82) is 5.26 Å². The molecule has 1 atom stereocenters. The first kappa shape index (κ1) is 15.8. The van der Waals surface area contributed by atoms with Crippen LogP contribution in [-0.4, -0.2) is 30.1 Å². The molecule has 0 bridgehead atoms. The summed E-state index contributed by atoms with van der Waals surface area (Å²) in [6.45, 7) is 1.52. The lowest BCUT2D eigenvalue weighted by molar-refractivity contribution is 0.169. The topological polar surface area (TPSA) is 61.2 Å². The highest BCUT2D eigenvalue weighted by Gasteiger charge is 2.39. The number of rotatable bonds is 4. The van der Waals surface area contributed by atoms with Crippen molar-refractivity contribution < 1.29 is 8.42 Å². The van der Waals surface area contributed by atoms with Crippen LogP contribution in [0, 0.1) is 11.3 Å². The van der Waals surface area contributed by atoms with E-state index < -0.39 is 15.3 Å². The van der Waals surface area contributed by atoms with Crippen LogP contribution >= 0.6 is 0 Å². The molecule has 2 fully saturated rings. The van der Waals surface area contributed by atoms with Gasteiger partial charge in [-0.05, 0) is 32.6 Å². The van der Waals surface area contributed by atoms with Crippen LogP contribution in [0.1, 0.15) is 71.1 Å². The summed E-state index contributed by atoms with van der Waals surface area (Å²) in [5.41, 5.74) is 0. The van der Waals surface area contributed by atoms with Gasteiger partial charge >= 0.3 is 0 Å². The lowest BCUT2D eigenvalue weighted by Gasteiger charge is -2.41. The Hall–Kier alpha value is -0.600. The van der Waals surface area contributed by atoms with Gasteiger partial charge in [-0.2, -0.15) is 9.57 Å². The fourth-order valence-corrected chi connectivity index (χ4v) is 5.39. The molecule has 114 valence electrons. The van der Waals surface area contributed by atoms with Crippen LogP contribution < -0.4 is 0 Å². The van der Waals surface area contributed by atoms with Gasteiger partial charge in [-0.3, -0.25) is 0 Å². The minimum Gasteiger partial charge on any atom is -0.211 e. The van der Waals surface area contributed by atoms with Crippen molar-refractivity contribution in [3.8, 4) is 6.07 Å². The van der Waals surface area contributed by atoms with Crippen molar-refractivity contribution in [2.75, 3.05) is 0 Å². The van der Waals surface area contributed by atoms with Crippen LogP contribution in [0.4, 0.5) is 0 Å². The molecule has 2 rings (SSSR count). The number of sulfonamides is 1. The van der Waals surface area contributed by atoms with E-state index in [0.717, 1.165) is 51.4 Å². The van der Waals surface area contributed by atoms with Gasteiger partial charge in [0.15, 0.2) is 5.25 Å². The van der Waals surface area contributed by atoms with Crippen molar-refractivity contribution in [3.05, 3.63) is 0 Å². The first-order chi connectivity index (χ1) is 9.57. The zero-order valence-corrected chi connectivity index (χ0v) is 13.2. The zero-order valence-electron chi connectivity index (χ0n) is 12.4. The lowest BCUT2D eigenvalue weighted by atomic mass is 9.91. The molecule has 0 saturated heterocycles. The van der Waals surface area contributed by atoms with E-state index in [9.17, 15) is 8.42 Å².